The van der Waals surface area contributed by atoms with Crippen LogP contribution in [-0.4, -0.2) is 7.05 Å². The van der Waals surface area contributed by atoms with Crippen LogP contribution in [0.5, 0.6) is 0 Å². The second-order valence-electron chi connectivity index (χ2n) is 8.86. The Labute approximate surface area is 224 Å². The van der Waals surface area contributed by atoms with E-state index >= 15 is 0 Å². The number of aryl methyl sites for hydroxylation is 2. The Hall–Kier alpha value is -2.84. The van der Waals surface area contributed by atoms with Gasteiger partial charge in [-0.1, -0.05) is 118 Å². The average molecular weight is 491 g/mol. The molecule has 0 heterocycles. The van der Waals surface area contributed by atoms with E-state index in [2.05, 4.69) is 101 Å². The lowest BCUT2D eigenvalue weighted by Crippen LogP contribution is -2.14. The maximum absolute atomic E-state index is 4.05. The van der Waals surface area contributed by atoms with Gasteiger partial charge in [0, 0.05) is 12.7 Å². The summed E-state index contributed by atoms with van der Waals surface area (Å²) < 4.78 is 0. The molecule has 2 rings (SSSR count). The van der Waals surface area contributed by atoms with Crippen LogP contribution in [-0.2, 0) is 0 Å². The van der Waals surface area contributed by atoms with Gasteiger partial charge in [-0.25, -0.2) is 5.43 Å². The fourth-order valence-corrected chi connectivity index (χ4v) is 2.96. The van der Waals surface area contributed by atoms with Crippen LogP contribution in [0.15, 0.2) is 91.1 Å². The Morgan fingerprint density at radius 3 is 1.75 bits per heavy atom. The molecule has 0 fully saturated rings. The lowest BCUT2D eigenvalue weighted by Gasteiger charge is -2.10. The Morgan fingerprint density at radius 1 is 0.833 bits per heavy atom. The van der Waals surface area contributed by atoms with E-state index in [1.54, 1.807) is 0 Å². The molecule has 36 heavy (non-hydrogen) atoms. The molecule has 2 N–H and O–H groups in total. The van der Waals surface area contributed by atoms with Crippen LogP contribution in [0, 0.1) is 13.8 Å². The molecule has 0 saturated heterocycles. The number of hydrogen-bond acceptors (Lipinski definition) is 2. The van der Waals surface area contributed by atoms with Gasteiger partial charge in [0.1, 0.15) is 0 Å². The summed E-state index contributed by atoms with van der Waals surface area (Å²) in [5, 5.41) is 0. The van der Waals surface area contributed by atoms with Crippen LogP contribution in [0.4, 0.5) is 5.69 Å². The van der Waals surface area contributed by atoms with E-state index in [1.807, 2.05) is 52.1 Å². The minimum Gasteiger partial charge on any atom is -0.322 e. The smallest absolute Gasteiger partial charge is 0.0490 e. The Morgan fingerprint density at radius 2 is 1.36 bits per heavy atom. The molecule has 0 atom stereocenters. The molecule has 2 aromatic rings. The molecule has 2 heteroatoms. The van der Waals surface area contributed by atoms with Gasteiger partial charge >= 0.3 is 0 Å². The number of unbranched alkanes of at least 4 members (excludes halogenated alkanes) is 3. The van der Waals surface area contributed by atoms with Gasteiger partial charge in [-0.2, -0.15) is 0 Å². The van der Waals surface area contributed by atoms with Crippen molar-refractivity contribution in [1.29, 1.82) is 0 Å². The fourth-order valence-electron chi connectivity index (χ4n) is 2.96. The summed E-state index contributed by atoms with van der Waals surface area (Å²) in [5.74, 6) is 0. The predicted octanol–water partition coefficient (Wildman–Crippen LogP) is 10.6. The molecule has 0 spiro atoms. The Bertz CT molecular complexity index is 895. The molecule has 2 nitrogen and oxygen atoms in total. The van der Waals surface area contributed by atoms with Gasteiger partial charge in [0.25, 0.3) is 0 Å². The van der Waals surface area contributed by atoms with Crippen LogP contribution in [0.25, 0.3) is 5.57 Å². The van der Waals surface area contributed by atoms with Crippen molar-refractivity contribution in [2.24, 2.45) is 0 Å². The van der Waals surface area contributed by atoms with Gasteiger partial charge in [0.15, 0.2) is 0 Å². The quantitative estimate of drug-likeness (QED) is 0.158. The number of rotatable bonds is 9. The lowest BCUT2D eigenvalue weighted by atomic mass is 9.95. The molecule has 0 aliphatic rings. The summed E-state index contributed by atoms with van der Waals surface area (Å²) in [4.78, 5) is 0. The maximum atomic E-state index is 4.05. The third-order valence-electron chi connectivity index (χ3n) is 5.32. The largest absolute Gasteiger partial charge is 0.322 e. The van der Waals surface area contributed by atoms with E-state index in [0.29, 0.717) is 0 Å². The summed E-state index contributed by atoms with van der Waals surface area (Å²) in [7, 11) is 1.85. The van der Waals surface area contributed by atoms with Crippen molar-refractivity contribution in [3.63, 3.8) is 0 Å². The zero-order valence-corrected chi connectivity index (χ0v) is 24.8. The van der Waals surface area contributed by atoms with Crippen molar-refractivity contribution in [3.8, 4) is 0 Å². The first kappa shape index (κ1) is 35.3. The average Bonchev–Trinajstić information content (AvgIpc) is 2.87. The van der Waals surface area contributed by atoms with E-state index < -0.39 is 0 Å². The molecule has 0 bridgehead atoms. The molecule has 200 valence electrons. The Kier molecular flexibility index (Phi) is 23.4. The SMILES string of the molecule is C/C=C\C.C=C(C)C(=C)C/C(=C\C)c1cccc(C)c1.CCCCCC.CNNc1cccc(C)c1. The third-order valence-corrected chi connectivity index (χ3v) is 5.32. The molecular weight excluding hydrogens is 436 g/mol. The first-order valence-electron chi connectivity index (χ1n) is 13.3. The monoisotopic (exact) mass is 490 g/mol. The molecule has 0 aliphatic carbocycles. The molecule has 2 aromatic carbocycles. The molecule has 0 amide bonds. The topological polar surface area (TPSA) is 24.1 Å². The summed E-state index contributed by atoms with van der Waals surface area (Å²) in [5.41, 5.74) is 14.3. The molecule has 0 unspecified atom stereocenters. The standard InChI is InChI=1S/C16H20.C8H12N2.C6H14.C4H8/c1-6-15(11-14(5)12(2)3)16-9-7-8-13(4)10-16;1-7-4-3-5-8(6-7)10-9-2;1-3-5-6-4-2;1-3-4-2/h6-10H,2,5,11H2,1,3-4H3;3-6,9-10H,1-2H3;3-6H2,1-2H3;3-4H,1-2H3/b15-6+;;;4-3-. The number of nitrogens with one attached hydrogen (secondary N) is 2. The first-order chi connectivity index (χ1) is 17.2. The molecular formula is C34H54N2. The van der Waals surface area contributed by atoms with E-state index in [0.717, 1.165) is 23.3 Å². The summed E-state index contributed by atoms with van der Waals surface area (Å²) >= 11 is 0. The van der Waals surface area contributed by atoms with Crippen molar-refractivity contribution in [2.45, 2.75) is 87.5 Å². The van der Waals surface area contributed by atoms with Gasteiger partial charge in [-0.15, -0.1) is 0 Å². The van der Waals surface area contributed by atoms with Crippen molar-refractivity contribution in [1.82, 2.24) is 5.43 Å². The van der Waals surface area contributed by atoms with Crippen LogP contribution in [0.2, 0.25) is 0 Å². The maximum Gasteiger partial charge on any atom is 0.0490 e. The number of anilines is 1. The van der Waals surface area contributed by atoms with Gasteiger partial charge in [0.2, 0.25) is 0 Å². The fraction of sp³-hybridized carbons (Fsp3) is 0.412. The van der Waals surface area contributed by atoms with Crippen LogP contribution in [0.1, 0.15) is 90.3 Å². The highest BCUT2D eigenvalue weighted by molar-refractivity contribution is 5.68. The molecule has 0 radical (unpaired) electrons. The number of hydrogen-bond donors (Lipinski definition) is 2. The second kappa shape index (κ2) is 23.9. The van der Waals surface area contributed by atoms with Crippen molar-refractivity contribution in [3.05, 3.63) is 108 Å². The van der Waals surface area contributed by atoms with E-state index in [-0.39, 0.29) is 0 Å². The van der Waals surface area contributed by atoms with Crippen molar-refractivity contribution in [2.75, 3.05) is 12.5 Å². The predicted molar refractivity (Wildman–Crippen MR) is 168 cm³/mol. The summed E-state index contributed by atoms with van der Waals surface area (Å²) in [6.45, 7) is 24.7. The summed E-state index contributed by atoms with van der Waals surface area (Å²) in [6, 6.07) is 16.8. The number of hydrazine groups is 1. The van der Waals surface area contributed by atoms with E-state index in [1.165, 1.54) is 47.9 Å². The minimum atomic E-state index is 0.884. The van der Waals surface area contributed by atoms with Gasteiger partial charge in [-0.05, 0) is 82.4 Å². The number of benzene rings is 2. The van der Waals surface area contributed by atoms with E-state index in [9.17, 15) is 0 Å². The highest BCUT2D eigenvalue weighted by Crippen LogP contribution is 2.25. The zero-order chi connectivity index (χ0) is 27.8. The van der Waals surface area contributed by atoms with Crippen LogP contribution in [0.3, 0.4) is 0 Å². The van der Waals surface area contributed by atoms with Crippen molar-refractivity contribution < 1.29 is 0 Å². The molecule has 0 saturated carbocycles. The lowest BCUT2D eigenvalue weighted by molar-refractivity contribution is 0.702. The van der Waals surface area contributed by atoms with Crippen LogP contribution >= 0.6 is 0 Å². The highest BCUT2D eigenvalue weighted by atomic mass is 15.3. The zero-order valence-electron chi connectivity index (χ0n) is 24.8. The van der Waals surface area contributed by atoms with Crippen molar-refractivity contribution >= 4 is 11.3 Å². The van der Waals surface area contributed by atoms with E-state index in [4.69, 9.17) is 0 Å². The van der Waals surface area contributed by atoms with Gasteiger partial charge in [0.05, 0.1) is 0 Å². The Balaban J connectivity index is 0. The van der Waals surface area contributed by atoms with Crippen LogP contribution < -0.4 is 10.9 Å². The first-order valence-corrected chi connectivity index (χ1v) is 13.3. The minimum absolute atomic E-state index is 0.884. The molecule has 0 aliphatic heterocycles. The third kappa shape index (κ3) is 19.5. The van der Waals surface area contributed by atoms with Gasteiger partial charge in [-0.3, -0.25) is 0 Å². The second-order valence-corrected chi connectivity index (χ2v) is 8.86. The summed E-state index contributed by atoms with van der Waals surface area (Å²) in [6.07, 6.45) is 12.6. The molecule has 0 aromatic heterocycles. The normalized spacial score (nSPS) is 10.2. The van der Waals surface area contributed by atoms with Gasteiger partial charge < -0.3 is 5.43 Å². The highest BCUT2D eigenvalue weighted by Gasteiger charge is 2.03. The number of allylic oxidation sites excluding steroid dienone is 6.